The van der Waals surface area contributed by atoms with Gasteiger partial charge >= 0.3 is 11.9 Å². The van der Waals surface area contributed by atoms with E-state index < -0.39 is 11.9 Å². The summed E-state index contributed by atoms with van der Waals surface area (Å²) < 4.78 is 0. The highest BCUT2D eigenvalue weighted by Gasteiger charge is 2.20. The summed E-state index contributed by atoms with van der Waals surface area (Å²) in [6.45, 7) is 0.969. The van der Waals surface area contributed by atoms with Crippen LogP contribution in [-0.2, 0) is 9.59 Å². The van der Waals surface area contributed by atoms with Crippen molar-refractivity contribution in [2.75, 3.05) is 27.2 Å². The first-order valence-electron chi connectivity index (χ1n) is 4.76. The van der Waals surface area contributed by atoms with Gasteiger partial charge in [0.2, 0.25) is 0 Å². The predicted octanol–water partition coefficient (Wildman–Crippen LogP) is -0.544. The first kappa shape index (κ1) is 13.9. The number of hydrogen-bond donors (Lipinski definition) is 3. The number of nitrogens with one attached hydrogen (secondary N) is 1. The lowest BCUT2D eigenvalue weighted by molar-refractivity contribution is -0.139. The van der Waals surface area contributed by atoms with Crippen LogP contribution in [0.1, 0.15) is 12.8 Å². The molecular weight excluding hydrogens is 200 g/mol. The molecule has 0 bridgehead atoms. The first-order chi connectivity index (χ1) is 6.93. The average molecular weight is 218 g/mol. The maximum Gasteiger partial charge on any atom is 0.320 e. The van der Waals surface area contributed by atoms with Crippen LogP contribution in [-0.4, -0.2) is 60.3 Å². The molecular formula is C9H18N2O4. The molecule has 0 spiro atoms. The summed E-state index contributed by atoms with van der Waals surface area (Å²) >= 11 is 0. The Labute approximate surface area is 88.9 Å². The normalized spacial score (nSPS) is 19.5. The second-order valence-electron chi connectivity index (χ2n) is 3.62. The minimum atomic E-state index is -0.787. The molecule has 1 fully saturated rings. The van der Waals surface area contributed by atoms with Gasteiger partial charge in [0.05, 0.1) is 6.54 Å². The number of nitrogens with zero attached hydrogens (tertiary/aromatic N) is 1. The summed E-state index contributed by atoms with van der Waals surface area (Å²) in [6, 6.07) is -0.269. The highest BCUT2D eigenvalue weighted by molar-refractivity contribution is 5.73. The van der Waals surface area contributed by atoms with E-state index in [1.54, 1.807) is 19.0 Å². The molecule has 1 saturated heterocycles. The van der Waals surface area contributed by atoms with E-state index in [4.69, 9.17) is 10.2 Å². The smallest absolute Gasteiger partial charge is 0.320 e. The van der Waals surface area contributed by atoms with Crippen LogP contribution in [0.15, 0.2) is 0 Å². The number of hydrogen-bond acceptors (Lipinski definition) is 4. The van der Waals surface area contributed by atoms with Gasteiger partial charge in [0.1, 0.15) is 6.04 Å². The molecule has 88 valence electrons. The summed E-state index contributed by atoms with van der Waals surface area (Å²) in [5, 5.41) is 19.2. The molecule has 0 aromatic rings. The van der Waals surface area contributed by atoms with Crippen molar-refractivity contribution in [2.45, 2.75) is 18.9 Å². The van der Waals surface area contributed by atoms with Crippen LogP contribution < -0.4 is 5.32 Å². The molecule has 1 atom stereocenters. The molecule has 1 aliphatic heterocycles. The Morgan fingerprint density at radius 2 is 2.00 bits per heavy atom. The van der Waals surface area contributed by atoms with E-state index in [1.165, 1.54) is 0 Å². The van der Waals surface area contributed by atoms with Gasteiger partial charge in [-0.25, -0.2) is 0 Å². The van der Waals surface area contributed by atoms with Crippen molar-refractivity contribution in [3.63, 3.8) is 0 Å². The van der Waals surface area contributed by atoms with E-state index in [-0.39, 0.29) is 12.6 Å². The second kappa shape index (κ2) is 7.19. The Hall–Kier alpha value is -1.14. The molecule has 6 heteroatoms. The monoisotopic (exact) mass is 218 g/mol. The van der Waals surface area contributed by atoms with Gasteiger partial charge in [0.15, 0.2) is 0 Å². The minimum Gasteiger partial charge on any atom is -0.480 e. The molecule has 0 radical (unpaired) electrons. The van der Waals surface area contributed by atoms with E-state index in [0.29, 0.717) is 0 Å². The molecule has 1 aliphatic rings. The van der Waals surface area contributed by atoms with Crippen LogP contribution in [0.5, 0.6) is 0 Å². The number of carboxylic acids is 2. The Morgan fingerprint density at radius 1 is 1.40 bits per heavy atom. The van der Waals surface area contributed by atoms with Gasteiger partial charge in [0.25, 0.3) is 0 Å². The van der Waals surface area contributed by atoms with Crippen molar-refractivity contribution in [2.24, 2.45) is 0 Å². The standard InChI is InChI=1S/C5H9NO2.C4H9NO2/c7-5(8)4-2-1-3-6-4;1-5(2)3-4(6)7/h4,6H,1-3H2,(H,7,8);3H2,1-2H3,(H,6,7)/t4-;/m0./s1. The number of aliphatic carboxylic acids is 2. The zero-order valence-electron chi connectivity index (χ0n) is 9.06. The van der Waals surface area contributed by atoms with Crippen molar-refractivity contribution in [1.29, 1.82) is 0 Å². The van der Waals surface area contributed by atoms with Crippen LogP contribution >= 0.6 is 0 Å². The van der Waals surface area contributed by atoms with Gasteiger partial charge in [-0.1, -0.05) is 0 Å². The summed E-state index contributed by atoms with van der Waals surface area (Å²) in [5.41, 5.74) is 0. The van der Waals surface area contributed by atoms with Gasteiger partial charge in [-0.05, 0) is 33.5 Å². The molecule has 1 rings (SSSR count). The Balaban J connectivity index is 0.000000265. The Morgan fingerprint density at radius 3 is 2.13 bits per heavy atom. The highest BCUT2D eigenvalue weighted by atomic mass is 16.4. The van der Waals surface area contributed by atoms with Crippen LogP contribution in [0, 0.1) is 0 Å². The lowest BCUT2D eigenvalue weighted by Gasteiger charge is -2.01. The van der Waals surface area contributed by atoms with Gasteiger partial charge in [-0.3, -0.25) is 14.5 Å². The number of carbonyl (C=O) groups is 2. The zero-order chi connectivity index (χ0) is 11.8. The molecule has 0 aliphatic carbocycles. The SMILES string of the molecule is CN(C)CC(=O)O.O=C(O)[C@@H]1CCCN1. The van der Waals surface area contributed by atoms with E-state index in [2.05, 4.69) is 5.32 Å². The fraction of sp³-hybridized carbons (Fsp3) is 0.778. The summed E-state index contributed by atoms with van der Waals surface area (Å²) in [5.74, 6) is -1.51. The Bertz CT molecular complexity index is 212. The molecule has 0 saturated carbocycles. The van der Waals surface area contributed by atoms with Crippen LogP contribution in [0.25, 0.3) is 0 Å². The second-order valence-corrected chi connectivity index (χ2v) is 3.62. The summed E-state index contributed by atoms with van der Waals surface area (Å²) in [7, 11) is 3.43. The van der Waals surface area contributed by atoms with Crippen molar-refractivity contribution in [3.8, 4) is 0 Å². The lowest BCUT2D eigenvalue weighted by atomic mass is 10.2. The van der Waals surface area contributed by atoms with Crippen LogP contribution in [0.2, 0.25) is 0 Å². The molecule has 6 nitrogen and oxygen atoms in total. The average Bonchev–Trinajstić information content (AvgIpc) is 2.52. The van der Waals surface area contributed by atoms with Gasteiger partial charge in [0, 0.05) is 0 Å². The minimum absolute atomic E-state index is 0.111. The Kier molecular flexibility index (Phi) is 6.64. The van der Waals surface area contributed by atoms with Gasteiger partial charge < -0.3 is 15.5 Å². The third kappa shape index (κ3) is 7.90. The number of carboxylic acid groups (broad SMARTS) is 2. The molecule has 1 heterocycles. The molecule has 0 amide bonds. The highest BCUT2D eigenvalue weighted by Crippen LogP contribution is 2.03. The molecule has 15 heavy (non-hydrogen) atoms. The quantitative estimate of drug-likeness (QED) is 0.589. The fourth-order valence-corrected chi connectivity index (χ4v) is 1.17. The van der Waals surface area contributed by atoms with Crippen molar-refractivity contribution >= 4 is 11.9 Å². The molecule has 3 N–H and O–H groups in total. The van der Waals surface area contributed by atoms with Crippen molar-refractivity contribution in [1.82, 2.24) is 10.2 Å². The summed E-state index contributed by atoms with van der Waals surface area (Å²) in [4.78, 5) is 21.5. The van der Waals surface area contributed by atoms with Crippen molar-refractivity contribution < 1.29 is 19.8 Å². The maximum absolute atomic E-state index is 10.1. The largest absolute Gasteiger partial charge is 0.480 e. The maximum atomic E-state index is 10.1. The molecule has 0 aromatic heterocycles. The third-order valence-corrected chi connectivity index (χ3v) is 1.81. The van der Waals surface area contributed by atoms with Crippen LogP contribution in [0.4, 0.5) is 0 Å². The first-order valence-corrected chi connectivity index (χ1v) is 4.76. The topological polar surface area (TPSA) is 89.9 Å². The zero-order valence-corrected chi connectivity index (χ0v) is 9.06. The fourth-order valence-electron chi connectivity index (χ4n) is 1.17. The lowest BCUT2D eigenvalue weighted by Crippen LogP contribution is -2.29. The van der Waals surface area contributed by atoms with E-state index in [0.717, 1.165) is 19.4 Å². The molecule has 0 aromatic carbocycles. The van der Waals surface area contributed by atoms with Gasteiger partial charge in [-0.2, -0.15) is 0 Å². The number of likely N-dealkylation sites (N-methyl/N-ethyl adjacent to an activating group) is 1. The number of rotatable bonds is 3. The van der Waals surface area contributed by atoms with Crippen molar-refractivity contribution in [3.05, 3.63) is 0 Å². The third-order valence-electron chi connectivity index (χ3n) is 1.81. The van der Waals surface area contributed by atoms with Gasteiger partial charge in [-0.15, -0.1) is 0 Å². The summed E-state index contributed by atoms with van der Waals surface area (Å²) in [6.07, 6.45) is 1.78. The predicted molar refractivity (Wildman–Crippen MR) is 54.9 cm³/mol. The van der Waals surface area contributed by atoms with E-state index in [1.807, 2.05) is 0 Å². The van der Waals surface area contributed by atoms with E-state index in [9.17, 15) is 9.59 Å². The van der Waals surface area contributed by atoms with Crippen LogP contribution in [0.3, 0.4) is 0 Å². The molecule has 0 unspecified atom stereocenters. The van der Waals surface area contributed by atoms with E-state index >= 15 is 0 Å².